The fourth-order valence-corrected chi connectivity index (χ4v) is 2.21. The number of aromatic nitrogens is 2. The molecule has 2 aromatic rings. The molecule has 0 saturated carbocycles. The number of nitrogens with zero attached hydrogens (tertiary/aromatic N) is 3. The maximum Gasteiger partial charge on any atom is 0.204 e. The van der Waals surface area contributed by atoms with E-state index < -0.39 is 0 Å². The maximum absolute atomic E-state index is 12.1. The van der Waals surface area contributed by atoms with Crippen LogP contribution in [0.4, 0.5) is 0 Å². The molecule has 0 saturated heterocycles. The van der Waals surface area contributed by atoms with E-state index in [1.54, 1.807) is 18.3 Å². The predicted octanol–water partition coefficient (Wildman–Crippen LogP) is 3.04. The van der Waals surface area contributed by atoms with Crippen LogP contribution in [-0.4, -0.2) is 54.2 Å². The first-order chi connectivity index (χ1) is 11.6. The van der Waals surface area contributed by atoms with Gasteiger partial charge in [0.15, 0.2) is 5.16 Å². The van der Waals surface area contributed by atoms with Gasteiger partial charge in [-0.05, 0) is 50.2 Å². The summed E-state index contributed by atoms with van der Waals surface area (Å²) in [6, 6.07) is 9.25. The van der Waals surface area contributed by atoms with Gasteiger partial charge in [-0.15, -0.1) is 0 Å². The standard InChI is InChI=1S/C18H21N3O2S/c1-21(2)12-13-23-15-7-4-14(5-8-15)6-9-17(22)16-10-11-19-18(20-16)24-3/h4-11H,12-13H2,1-3H3/b9-6+. The number of hydrogen-bond acceptors (Lipinski definition) is 6. The van der Waals surface area contributed by atoms with Gasteiger partial charge in [0.25, 0.3) is 0 Å². The third-order valence-electron chi connectivity index (χ3n) is 3.18. The van der Waals surface area contributed by atoms with Crippen molar-refractivity contribution in [3.05, 3.63) is 53.9 Å². The van der Waals surface area contributed by atoms with Crippen LogP contribution in [0.25, 0.3) is 6.08 Å². The van der Waals surface area contributed by atoms with E-state index >= 15 is 0 Å². The van der Waals surface area contributed by atoms with Gasteiger partial charge in [0.1, 0.15) is 18.1 Å². The highest BCUT2D eigenvalue weighted by atomic mass is 32.2. The van der Waals surface area contributed by atoms with Crippen molar-refractivity contribution in [3.63, 3.8) is 0 Å². The third kappa shape index (κ3) is 5.79. The van der Waals surface area contributed by atoms with Crippen LogP contribution in [0.5, 0.6) is 5.75 Å². The molecule has 0 unspecified atom stereocenters. The number of carbonyl (C=O) groups excluding carboxylic acids is 1. The zero-order valence-corrected chi connectivity index (χ0v) is 14.9. The normalized spacial score (nSPS) is 11.2. The van der Waals surface area contributed by atoms with Gasteiger partial charge < -0.3 is 9.64 Å². The average molecular weight is 343 g/mol. The van der Waals surface area contributed by atoms with E-state index in [1.807, 2.05) is 44.6 Å². The number of ether oxygens (including phenoxy) is 1. The Morgan fingerprint density at radius 1 is 1.25 bits per heavy atom. The number of rotatable bonds is 8. The average Bonchev–Trinajstić information content (AvgIpc) is 2.60. The number of thioether (sulfide) groups is 1. The molecule has 0 fully saturated rings. The second-order valence-electron chi connectivity index (χ2n) is 5.35. The first-order valence-corrected chi connectivity index (χ1v) is 8.78. The van der Waals surface area contributed by atoms with Crippen molar-refractivity contribution in [3.8, 4) is 5.75 Å². The van der Waals surface area contributed by atoms with Crippen LogP contribution in [0.3, 0.4) is 0 Å². The third-order valence-corrected chi connectivity index (χ3v) is 3.74. The van der Waals surface area contributed by atoms with Crippen LogP contribution >= 0.6 is 11.8 Å². The van der Waals surface area contributed by atoms with E-state index in [-0.39, 0.29) is 5.78 Å². The summed E-state index contributed by atoms with van der Waals surface area (Å²) in [4.78, 5) is 22.5. The van der Waals surface area contributed by atoms with Crippen molar-refractivity contribution < 1.29 is 9.53 Å². The molecule has 0 aliphatic heterocycles. The smallest absolute Gasteiger partial charge is 0.204 e. The van der Waals surface area contributed by atoms with Gasteiger partial charge in [0, 0.05) is 12.7 Å². The molecule has 6 heteroatoms. The van der Waals surface area contributed by atoms with E-state index in [0.29, 0.717) is 17.5 Å². The lowest BCUT2D eigenvalue weighted by Crippen LogP contribution is -2.19. The van der Waals surface area contributed by atoms with Crippen LogP contribution in [0.2, 0.25) is 0 Å². The van der Waals surface area contributed by atoms with E-state index in [2.05, 4.69) is 14.9 Å². The number of benzene rings is 1. The van der Waals surface area contributed by atoms with Gasteiger partial charge in [0.2, 0.25) is 5.78 Å². The molecular formula is C18H21N3O2S. The molecule has 1 aromatic carbocycles. The largest absolute Gasteiger partial charge is 0.492 e. The maximum atomic E-state index is 12.1. The Labute approximate surface area is 146 Å². The quantitative estimate of drug-likeness (QED) is 0.318. The molecule has 1 aromatic heterocycles. The lowest BCUT2D eigenvalue weighted by atomic mass is 10.1. The van der Waals surface area contributed by atoms with E-state index in [9.17, 15) is 4.79 Å². The summed E-state index contributed by atoms with van der Waals surface area (Å²) >= 11 is 1.41. The molecule has 2 rings (SSSR count). The Hall–Kier alpha value is -2.18. The summed E-state index contributed by atoms with van der Waals surface area (Å²) in [7, 11) is 4.02. The number of hydrogen-bond donors (Lipinski definition) is 0. The van der Waals surface area contributed by atoms with Crippen molar-refractivity contribution in [2.75, 3.05) is 33.5 Å². The first kappa shape index (κ1) is 18.2. The van der Waals surface area contributed by atoms with E-state index in [0.717, 1.165) is 17.9 Å². The highest BCUT2D eigenvalue weighted by molar-refractivity contribution is 7.98. The van der Waals surface area contributed by atoms with E-state index in [1.165, 1.54) is 17.8 Å². The second-order valence-corrected chi connectivity index (χ2v) is 6.12. The number of likely N-dealkylation sites (N-methyl/N-ethyl adjacent to an activating group) is 1. The van der Waals surface area contributed by atoms with Crippen LogP contribution in [0, 0.1) is 0 Å². The highest BCUT2D eigenvalue weighted by Crippen LogP contribution is 2.14. The van der Waals surface area contributed by atoms with Crippen molar-refractivity contribution in [2.45, 2.75) is 5.16 Å². The predicted molar refractivity (Wildman–Crippen MR) is 97.7 cm³/mol. The lowest BCUT2D eigenvalue weighted by molar-refractivity contribution is 0.104. The Morgan fingerprint density at radius 2 is 2.00 bits per heavy atom. The molecule has 0 aliphatic rings. The molecule has 0 amide bonds. The molecule has 0 aliphatic carbocycles. The molecule has 5 nitrogen and oxygen atoms in total. The van der Waals surface area contributed by atoms with Crippen molar-refractivity contribution in [1.82, 2.24) is 14.9 Å². The van der Waals surface area contributed by atoms with Crippen LogP contribution < -0.4 is 4.74 Å². The number of allylic oxidation sites excluding steroid dienone is 1. The Bertz CT molecular complexity index is 700. The zero-order valence-electron chi connectivity index (χ0n) is 14.1. The first-order valence-electron chi connectivity index (χ1n) is 7.55. The molecule has 24 heavy (non-hydrogen) atoms. The minimum atomic E-state index is -0.140. The monoisotopic (exact) mass is 343 g/mol. The molecule has 0 N–H and O–H groups in total. The van der Waals surface area contributed by atoms with Crippen LogP contribution in [0.1, 0.15) is 16.1 Å². The summed E-state index contributed by atoms with van der Waals surface area (Å²) in [5, 5.41) is 0.591. The highest BCUT2D eigenvalue weighted by Gasteiger charge is 2.05. The molecule has 0 radical (unpaired) electrons. The fraction of sp³-hybridized carbons (Fsp3) is 0.278. The SMILES string of the molecule is CSc1nccc(C(=O)/C=C/c2ccc(OCCN(C)C)cc2)n1. The molecule has 1 heterocycles. The number of ketones is 1. The van der Waals surface area contributed by atoms with Gasteiger partial charge in [-0.1, -0.05) is 30.0 Å². The fourth-order valence-electron chi connectivity index (χ4n) is 1.85. The molecule has 126 valence electrons. The Balaban J connectivity index is 1.94. The summed E-state index contributed by atoms with van der Waals surface area (Å²) in [6.07, 6.45) is 6.77. The van der Waals surface area contributed by atoms with Crippen molar-refractivity contribution in [1.29, 1.82) is 0 Å². The molecular weight excluding hydrogens is 322 g/mol. The van der Waals surface area contributed by atoms with Gasteiger partial charge in [0.05, 0.1) is 0 Å². The molecule has 0 spiro atoms. The number of carbonyl (C=O) groups is 1. The summed E-state index contributed by atoms with van der Waals surface area (Å²) in [5.74, 6) is 0.680. The van der Waals surface area contributed by atoms with Crippen molar-refractivity contribution >= 4 is 23.6 Å². The van der Waals surface area contributed by atoms with Gasteiger partial charge in [-0.25, -0.2) is 9.97 Å². The summed E-state index contributed by atoms with van der Waals surface area (Å²) in [6.45, 7) is 1.51. The van der Waals surface area contributed by atoms with Crippen molar-refractivity contribution in [2.24, 2.45) is 0 Å². The van der Waals surface area contributed by atoms with Gasteiger partial charge >= 0.3 is 0 Å². The second kappa shape index (κ2) is 9.20. The summed E-state index contributed by atoms with van der Waals surface area (Å²) < 4.78 is 5.64. The zero-order chi connectivity index (χ0) is 17.4. The summed E-state index contributed by atoms with van der Waals surface area (Å²) in [5.41, 5.74) is 1.33. The van der Waals surface area contributed by atoms with Gasteiger partial charge in [-0.2, -0.15) is 0 Å². The minimum Gasteiger partial charge on any atom is -0.492 e. The molecule has 0 bridgehead atoms. The van der Waals surface area contributed by atoms with Crippen LogP contribution in [-0.2, 0) is 0 Å². The van der Waals surface area contributed by atoms with Gasteiger partial charge in [-0.3, -0.25) is 4.79 Å². The van der Waals surface area contributed by atoms with Crippen LogP contribution in [0.15, 0.2) is 47.8 Å². The Morgan fingerprint density at radius 3 is 2.67 bits per heavy atom. The lowest BCUT2D eigenvalue weighted by Gasteiger charge is -2.10. The minimum absolute atomic E-state index is 0.140. The molecule has 0 atom stereocenters. The van der Waals surface area contributed by atoms with E-state index in [4.69, 9.17) is 4.74 Å². The topological polar surface area (TPSA) is 55.3 Å². The Kier molecular flexibility index (Phi) is 6.96.